The van der Waals surface area contributed by atoms with Crippen molar-refractivity contribution in [1.82, 2.24) is 0 Å². The third kappa shape index (κ3) is 3.28. The number of sulfone groups is 1. The van der Waals surface area contributed by atoms with E-state index in [1.165, 1.54) is 6.26 Å². The minimum Gasteiger partial charge on any atom is -0.469 e. The minimum absolute atomic E-state index is 0.0480. The second kappa shape index (κ2) is 7.04. The van der Waals surface area contributed by atoms with Crippen molar-refractivity contribution < 1.29 is 22.4 Å². The number of hydrogen-bond acceptors (Lipinski definition) is 5. The van der Waals surface area contributed by atoms with Crippen molar-refractivity contribution in [3.63, 3.8) is 0 Å². The molecule has 27 heavy (non-hydrogen) atoms. The molecule has 1 aliphatic heterocycles. The van der Waals surface area contributed by atoms with Gasteiger partial charge in [-0.15, -0.1) is 0 Å². The van der Waals surface area contributed by atoms with Crippen molar-refractivity contribution in [2.45, 2.75) is 28.6 Å². The SMILES string of the molecule is O=C1C[C@@H](c2ccco2)[C@H](S(=O)(=O)c2ccccc2)[C@H](c2ccccc2)O1. The van der Waals surface area contributed by atoms with E-state index >= 15 is 0 Å². The van der Waals surface area contributed by atoms with Crippen LogP contribution >= 0.6 is 0 Å². The third-order valence-corrected chi connectivity index (χ3v) is 7.03. The molecule has 1 fully saturated rings. The predicted molar refractivity (Wildman–Crippen MR) is 98.8 cm³/mol. The van der Waals surface area contributed by atoms with Gasteiger partial charge in [-0.25, -0.2) is 8.42 Å². The van der Waals surface area contributed by atoms with E-state index in [4.69, 9.17) is 9.15 Å². The number of esters is 1. The lowest BCUT2D eigenvalue weighted by molar-refractivity contribution is -0.155. The summed E-state index contributed by atoms with van der Waals surface area (Å²) in [6.07, 6.45) is 0.528. The average Bonchev–Trinajstić information content (AvgIpc) is 3.23. The Labute approximate surface area is 157 Å². The summed E-state index contributed by atoms with van der Waals surface area (Å²) >= 11 is 0. The van der Waals surface area contributed by atoms with Crippen LogP contribution in [0, 0.1) is 0 Å². The Morgan fingerprint density at radius 2 is 1.52 bits per heavy atom. The van der Waals surface area contributed by atoms with E-state index in [1.54, 1.807) is 66.7 Å². The van der Waals surface area contributed by atoms with Crippen LogP contribution in [0.2, 0.25) is 0 Å². The van der Waals surface area contributed by atoms with Gasteiger partial charge in [0.25, 0.3) is 0 Å². The first-order valence-electron chi connectivity index (χ1n) is 8.64. The number of carbonyl (C=O) groups excluding carboxylic acids is 1. The zero-order valence-electron chi connectivity index (χ0n) is 14.4. The number of hydrogen-bond donors (Lipinski definition) is 0. The maximum Gasteiger partial charge on any atom is 0.307 e. The zero-order valence-corrected chi connectivity index (χ0v) is 15.2. The molecule has 1 aromatic heterocycles. The molecule has 0 amide bonds. The molecule has 2 heterocycles. The van der Waals surface area contributed by atoms with Crippen LogP contribution < -0.4 is 0 Å². The monoisotopic (exact) mass is 382 g/mol. The first kappa shape index (κ1) is 17.5. The van der Waals surface area contributed by atoms with Gasteiger partial charge in [0, 0.05) is 5.92 Å². The number of furan rings is 1. The molecule has 5 nitrogen and oxygen atoms in total. The van der Waals surface area contributed by atoms with Crippen molar-refractivity contribution >= 4 is 15.8 Å². The van der Waals surface area contributed by atoms with Gasteiger partial charge in [-0.05, 0) is 29.8 Å². The maximum atomic E-state index is 13.6. The van der Waals surface area contributed by atoms with Crippen LogP contribution in [0.3, 0.4) is 0 Å². The van der Waals surface area contributed by atoms with Crippen LogP contribution in [0.1, 0.15) is 29.8 Å². The van der Waals surface area contributed by atoms with Crippen molar-refractivity contribution in [2.75, 3.05) is 0 Å². The molecular weight excluding hydrogens is 364 g/mol. The highest BCUT2D eigenvalue weighted by Crippen LogP contribution is 2.44. The molecule has 138 valence electrons. The minimum atomic E-state index is -3.80. The van der Waals surface area contributed by atoms with Crippen LogP contribution in [-0.2, 0) is 19.4 Å². The zero-order chi connectivity index (χ0) is 18.9. The molecule has 1 saturated heterocycles. The maximum absolute atomic E-state index is 13.6. The Kier molecular flexibility index (Phi) is 4.58. The molecule has 0 saturated carbocycles. The highest BCUT2D eigenvalue weighted by atomic mass is 32.2. The van der Waals surface area contributed by atoms with E-state index in [0.29, 0.717) is 11.3 Å². The number of rotatable bonds is 4. The Hall–Kier alpha value is -2.86. The van der Waals surface area contributed by atoms with Crippen molar-refractivity contribution in [3.05, 3.63) is 90.4 Å². The lowest BCUT2D eigenvalue weighted by Crippen LogP contribution is -2.42. The molecule has 4 rings (SSSR count). The van der Waals surface area contributed by atoms with Crippen molar-refractivity contribution in [3.8, 4) is 0 Å². The van der Waals surface area contributed by atoms with Gasteiger partial charge in [-0.3, -0.25) is 4.79 Å². The van der Waals surface area contributed by atoms with E-state index in [2.05, 4.69) is 0 Å². The molecule has 1 aliphatic rings. The molecule has 3 atom stereocenters. The highest BCUT2D eigenvalue weighted by molar-refractivity contribution is 7.92. The lowest BCUT2D eigenvalue weighted by atomic mass is 9.89. The molecule has 0 radical (unpaired) electrons. The first-order valence-corrected chi connectivity index (χ1v) is 10.2. The molecule has 0 aliphatic carbocycles. The second-order valence-electron chi connectivity index (χ2n) is 6.47. The van der Waals surface area contributed by atoms with E-state index in [0.717, 1.165) is 0 Å². The van der Waals surface area contributed by atoms with Gasteiger partial charge in [-0.1, -0.05) is 48.5 Å². The summed E-state index contributed by atoms with van der Waals surface area (Å²) in [5, 5.41) is -0.980. The van der Waals surface area contributed by atoms with Crippen LogP contribution in [-0.4, -0.2) is 19.6 Å². The smallest absolute Gasteiger partial charge is 0.307 e. The number of carbonyl (C=O) groups is 1. The summed E-state index contributed by atoms with van der Waals surface area (Å²) in [5.41, 5.74) is 0.645. The van der Waals surface area contributed by atoms with Crippen LogP contribution in [0.25, 0.3) is 0 Å². The van der Waals surface area contributed by atoms with Crippen molar-refractivity contribution in [1.29, 1.82) is 0 Å². The molecule has 0 unspecified atom stereocenters. The van der Waals surface area contributed by atoms with Gasteiger partial charge in [0.05, 0.1) is 17.6 Å². The summed E-state index contributed by atoms with van der Waals surface area (Å²) in [6, 6.07) is 20.6. The van der Waals surface area contributed by atoms with Crippen LogP contribution in [0.5, 0.6) is 0 Å². The molecule has 0 N–H and O–H groups in total. The first-order chi connectivity index (χ1) is 13.1. The Bertz CT molecular complexity index is 1010. The third-order valence-electron chi connectivity index (χ3n) is 4.81. The van der Waals surface area contributed by atoms with Crippen LogP contribution in [0.15, 0.2) is 88.4 Å². The quantitative estimate of drug-likeness (QED) is 0.640. The standard InChI is InChI=1S/C21H18O5S/c22-19-14-17(18-12-7-13-25-18)21(20(26-19)15-8-3-1-4-9-15)27(23,24)16-10-5-2-6-11-16/h1-13,17,20-21H,14H2/t17-,20-,21-/m0/s1. The molecule has 6 heteroatoms. The average molecular weight is 382 g/mol. The second-order valence-corrected chi connectivity index (χ2v) is 8.58. The van der Waals surface area contributed by atoms with Gasteiger partial charge in [-0.2, -0.15) is 0 Å². The summed E-state index contributed by atoms with van der Waals surface area (Å²) in [4.78, 5) is 12.5. The summed E-state index contributed by atoms with van der Waals surface area (Å²) < 4.78 is 38.2. The summed E-state index contributed by atoms with van der Waals surface area (Å²) in [7, 11) is -3.80. The van der Waals surface area contributed by atoms with Crippen molar-refractivity contribution in [2.24, 2.45) is 0 Å². The Morgan fingerprint density at radius 3 is 2.15 bits per heavy atom. The number of benzene rings is 2. The molecule has 3 aromatic rings. The van der Waals surface area contributed by atoms with E-state index in [1.807, 2.05) is 6.07 Å². The van der Waals surface area contributed by atoms with Gasteiger partial charge in [0.15, 0.2) is 9.84 Å². The van der Waals surface area contributed by atoms with E-state index in [9.17, 15) is 13.2 Å². The molecule has 0 bridgehead atoms. The normalized spacial score (nSPS) is 23.0. The summed E-state index contributed by atoms with van der Waals surface area (Å²) in [6.45, 7) is 0. The molecule has 2 aromatic carbocycles. The van der Waals surface area contributed by atoms with Gasteiger partial charge < -0.3 is 9.15 Å². The fourth-order valence-corrected chi connectivity index (χ4v) is 5.63. The number of cyclic esters (lactones) is 1. The Morgan fingerprint density at radius 1 is 0.852 bits per heavy atom. The Balaban J connectivity index is 1.88. The summed E-state index contributed by atoms with van der Waals surface area (Å²) in [5.74, 6) is -0.599. The van der Waals surface area contributed by atoms with Crippen LogP contribution in [0.4, 0.5) is 0 Å². The van der Waals surface area contributed by atoms with E-state index in [-0.39, 0.29) is 11.3 Å². The number of ether oxygens (including phenoxy) is 1. The lowest BCUT2D eigenvalue weighted by Gasteiger charge is -2.36. The van der Waals surface area contributed by atoms with E-state index < -0.39 is 33.1 Å². The fourth-order valence-electron chi connectivity index (χ4n) is 3.57. The molecular formula is C21H18O5S. The predicted octanol–water partition coefficient (Wildman–Crippen LogP) is 3.89. The molecule has 0 spiro atoms. The largest absolute Gasteiger partial charge is 0.469 e. The van der Waals surface area contributed by atoms with Gasteiger partial charge >= 0.3 is 5.97 Å². The van der Waals surface area contributed by atoms with Gasteiger partial charge in [0.2, 0.25) is 0 Å². The fraction of sp³-hybridized carbons (Fsp3) is 0.190. The topological polar surface area (TPSA) is 73.6 Å². The van der Waals surface area contributed by atoms with Gasteiger partial charge in [0.1, 0.15) is 17.1 Å². The highest BCUT2D eigenvalue weighted by Gasteiger charge is 2.49.